The molecule has 0 spiro atoms. The van der Waals surface area contributed by atoms with Crippen LogP contribution in [0.5, 0.6) is 0 Å². The van der Waals surface area contributed by atoms with Gasteiger partial charge < -0.3 is 14.6 Å². The third-order valence-corrected chi connectivity index (χ3v) is 1.54. The van der Waals surface area contributed by atoms with Crippen LogP contribution in [0.25, 0.3) is 0 Å². The second-order valence-corrected chi connectivity index (χ2v) is 2.25. The molecular formula is C6H8O3. The molecule has 2 aliphatic rings. The van der Waals surface area contributed by atoms with Crippen LogP contribution >= 0.6 is 0 Å². The Kier molecular flexibility index (Phi) is 1.08. The minimum Gasteiger partial charge on any atom is -0.384 e. The van der Waals surface area contributed by atoms with E-state index in [4.69, 9.17) is 14.6 Å². The minimum absolute atomic E-state index is 0.0819. The van der Waals surface area contributed by atoms with Gasteiger partial charge in [0.2, 0.25) is 0 Å². The monoisotopic (exact) mass is 128 g/mol. The van der Waals surface area contributed by atoms with Gasteiger partial charge in [0, 0.05) is 0 Å². The molecule has 0 aliphatic carbocycles. The Balaban J connectivity index is 2.19. The molecule has 1 N–H and O–H groups in total. The van der Waals surface area contributed by atoms with Crippen LogP contribution in [0.1, 0.15) is 0 Å². The zero-order valence-corrected chi connectivity index (χ0v) is 4.86. The molecule has 2 bridgehead atoms. The van der Waals surface area contributed by atoms with E-state index in [0.717, 1.165) is 0 Å². The summed E-state index contributed by atoms with van der Waals surface area (Å²) in [6.45, 7) is 0.582. The smallest absolute Gasteiger partial charge is 0.188 e. The number of hydrogen-bond acceptors (Lipinski definition) is 3. The van der Waals surface area contributed by atoms with Gasteiger partial charge in [-0.3, -0.25) is 0 Å². The first-order valence-corrected chi connectivity index (χ1v) is 3.00. The van der Waals surface area contributed by atoms with Crippen molar-refractivity contribution in [2.75, 3.05) is 6.61 Å². The summed E-state index contributed by atoms with van der Waals surface area (Å²) in [5.41, 5.74) is 0. The van der Waals surface area contributed by atoms with Crippen LogP contribution in [0.3, 0.4) is 0 Å². The normalized spacial score (nSPS) is 47.9. The van der Waals surface area contributed by atoms with Gasteiger partial charge in [-0.1, -0.05) is 12.2 Å². The molecule has 3 heteroatoms. The SMILES string of the molecule is O[C@H]1C=CC2COC1O2. The lowest BCUT2D eigenvalue weighted by molar-refractivity contribution is -0.115. The molecule has 50 valence electrons. The average Bonchev–Trinajstić information content (AvgIpc) is 2.25. The lowest BCUT2D eigenvalue weighted by Gasteiger charge is -2.17. The molecule has 3 nitrogen and oxygen atoms in total. The van der Waals surface area contributed by atoms with Crippen molar-refractivity contribution in [2.45, 2.75) is 18.5 Å². The summed E-state index contributed by atoms with van der Waals surface area (Å²) < 4.78 is 10.2. The van der Waals surface area contributed by atoms with E-state index in [1.807, 2.05) is 6.08 Å². The molecule has 2 rings (SSSR count). The van der Waals surface area contributed by atoms with Crippen LogP contribution in [-0.2, 0) is 9.47 Å². The molecule has 0 aromatic rings. The highest BCUT2D eigenvalue weighted by Crippen LogP contribution is 2.20. The molecule has 2 heterocycles. The van der Waals surface area contributed by atoms with E-state index in [1.54, 1.807) is 6.08 Å². The van der Waals surface area contributed by atoms with Crippen molar-refractivity contribution in [3.63, 3.8) is 0 Å². The molecular weight excluding hydrogens is 120 g/mol. The maximum absolute atomic E-state index is 9.06. The number of aliphatic hydroxyl groups excluding tert-OH is 1. The van der Waals surface area contributed by atoms with E-state index >= 15 is 0 Å². The highest BCUT2D eigenvalue weighted by atomic mass is 16.7. The standard InChI is InChI=1S/C6H8O3/c7-5-2-1-4-3-8-6(5)9-4/h1-2,4-7H,3H2/t4?,5-,6?/m0/s1. The summed E-state index contributed by atoms with van der Waals surface area (Å²) in [4.78, 5) is 0. The number of aliphatic hydroxyl groups is 1. The molecule has 2 unspecified atom stereocenters. The zero-order chi connectivity index (χ0) is 6.27. The summed E-state index contributed by atoms with van der Waals surface area (Å²) in [6, 6.07) is 0. The Hall–Kier alpha value is -0.380. The van der Waals surface area contributed by atoms with Crippen LogP contribution in [-0.4, -0.2) is 30.2 Å². The van der Waals surface area contributed by atoms with Crippen LogP contribution < -0.4 is 0 Å². The van der Waals surface area contributed by atoms with Crippen LogP contribution in [0.15, 0.2) is 12.2 Å². The first kappa shape index (κ1) is 5.41. The van der Waals surface area contributed by atoms with E-state index in [2.05, 4.69) is 0 Å². The van der Waals surface area contributed by atoms with E-state index < -0.39 is 12.4 Å². The summed E-state index contributed by atoms with van der Waals surface area (Å²) in [5, 5.41) is 9.06. The molecule has 9 heavy (non-hydrogen) atoms. The highest BCUT2D eigenvalue weighted by Gasteiger charge is 2.32. The van der Waals surface area contributed by atoms with Crippen molar-refractivity contribution in [1.82, 2.24) is 0 Å². The fourth-order valence-corrected chi connectivity index (χ4v) is 1.05. The Morgan fingerprint density at radius 2 is 2.33 bits per heavy atom. The van der Waals surface area contributed by atoms with Gasteiger partial charge in [-0.2, -0.15) is 0 Å². The van der Waals surface area contributed by atoms with Gasteiger partial charge >= 0.3 is 0 Å². The second-order valence-electron chi connectivity index (χ2n) is 2.25. The second kappa shape index (κ2) is 1.80. The molecule has 0 aromatic carbocycles. The number of ether oxygens (including phenoxy) is 2. The summed E-state index contributed by atoms with van der Waals surface area (Å²) in [5.74, 6) is 0. The van der Waals surface area contributed by atoms with Gasteiger partial charge in [0.25, 0.3) is 0 Å². The first-order valence-electron chi connectivity index (χ1n) is 3.00. The highest BCUT2D eigenvalue weighted by molar-refractivity contribution is 5.02. The predicted molar refractivity (Wildman–Crippen MR) is 29.8 cm³/mol. The molecule has 0 radical (unpaired) electrons. The molecule has 0 aromatic heterocycles. The topological polar surface area (TPSA) is 38.7 Å². The number of fused-ring (bicyclic) bond motifs is 2. The summed E-state index contributed by atoms with van der Waals surface area (Å²) >= 11 is 0. The Morgan fingerprint density at radius 3 is 3.11 bits per heavy atom. The fraction of sp³-hybridized carbons (Fsp3) is 0.667. The third kappa shape index (κ3) is 0.775. The lowest BCUT2D eigenvalue weighted by Crippen LogP contribution is -2.28. The van der Waals surface area contributed by atoms with Crippen molar-refractivity contribution in [1.29, 1.82) is 0 Å². The largest absolute Gasteiger partial charge is 0.384 e. The quantitative estimate of drug-likeness (QED) is 0.453. The Morgan fingerprint density at radius 1 is 1.44 bits per heavy atom. The van der Waals surface area contributed by atoms with Crippen LogP contribution in [0.4, 0.5) is 0 Å². The summed E-state index contributed by atoms with van der Waals surface area (Å²) in [6.07, 6.45) is 2.65. The van der Waals surface area contributed by atoms with E-state index in [0.29, 0.717) is 6.61 Å². The maximum Gasteiger partial charge on any atom is 0.188 e. The van der Waals surface area contributed by atoms with E-state index in [-0.39, 0.29) is 6.10 Å². The Bertz CT molecular complexity index is 143. The number of rotatable bonds is 0. The van der Waals surface area contributed by atoms with Crippen molar-refractivity contribution in [3.8, 4) is 0 Å². The molecule has 3 atom stereocenters. The van der Waals surface area contributed by atoms with Crippen molar-refractivity contribution in [3.05, 3.63) is 12.2 Å². The zero-order valence-electron chi connectivity index (χ0n) is 4.86. The molecule has 1 saturated heterocycles. The Labute approximate surface area is 52.9 Å². The minimum atomic E-state index is -0.566. The summed E-state index contributed by atoms with van der Waals surface area (Å²) in [7, 11) is 0. The molecule has 0 saturated carbocycles. The van der Waals surface area contributed by atoms with Crippen LogP contribution in [0.2, 0.25) is 0 Å². The van der Waals surface area contributed by atoms with Gasteiger partial charge in [0.1, 0.15) is 12.2 Å². The third-order valence-electron chi connectivity index (χ3n) is 1.54. The van der Waals surface area contributed by atoms with Gasteiger partial charge in [-0.25, -0.2) is 0 Å². The first-order chi connectivity index (χ1) is 4.36. The molecule has 1 fully saturated rings. The predicted octanol–water partition coefficient (Wildman–Crippen LogP) is -0.341. The van der Waals surface area contributed by atoms with Crippen molar-refractivity contribution < 1.29 is 14.6 Å². The lowest BCUT2D eigenvalue weighted by atomic mass is 10.2. The van der Waals surface area contributed by atoms with Gasteiger partial charge in [-0.15, -0.1) is 0 Å². The van der Waals surface area contributed by atoms with E-state index in [1.165, 1.54) is 0 Å². The van der Waals surface area contributed by atoms with Gasteiger partial charge in [-0.05, 0) is 0 Å². The average molecular weight is 128 g/mol. The maximum atomic E-state index is 9.06. The fourth-order valence-electron chi connectivity index (χ4n) is 1.05. The van der Waals surface area contributed by atoms with Crippen LogP contribution in [0, 0.1) is 0 Å². The van der Waals surface area contributed by atoms with Gasteiger partial charge in [0.15, 0.2) is 6.29 Å². The van der Waals surface area contributed by atoms with E-state index in [9.17, 15) is 0 Å². The molecule has 0 amide bonds. The number of hydrogen-bond donors (Lipinski definition) is 1. The van der Waals surface area contributed by atoms with Crippen molar-refractivity contribution >= 4 is 0 Å². The van der Waals surface area contributed by atoms with Crippen molar-refractivity contribution in [2.24, 2.45) is 0 Å². The molecule has 2 aliphatic heterocycles. The van der Waals surface area contributed by atoms with Gasteiger partial charge in [0.05, 0.1) is 6.61 Å².